The molecule has 0 spiro atoms. The molecule has 0 saturated carbocycles. The van der Waals surface area contributed by atoms with Crippen molar-refractivity contribution < 1.29 is 28.2 Å². The molecule has 0 aliphatic carbocycles. The van der Waals surface area contributed by atoms with E-state index in [0.29, 0.717) is 0 Å². The Morgan fingerprint density at radius 1 is 1.48 bits per heavy atom. The zero-order valence-corrected chi connectivity index (χ0v) is 13.3. The predicted octanol–water partition coefficient (Wildman–Crippen LogP) is 0.529. The number of hydrogen-bond donors (Lipinski definition) is 2. The molecule has 1 heterocycles. The van der Waals surface area contributed by atoms with E-state index in [1.165, 1.54) is 12.1 Å². The van der Waals surface area contributed by atoms with Crippen LogP contribution in [0.3, 0.4) is 0 Å². The molecular weight excluding hydrogens is 366 g/mol. The van der Waals surface area contributed by atoms with Gasteiger partial charge in [-0.15, -0.1) is 0 Å². The second-order valence-corrected chi connectivity index (χ2v) is 7.19. The quantitative estimate of drug-likeness (QED) is 0.790. The number of benzene rings is 1. The lowest BCUT2D eigenvalue weighted by molar-refractivity contribution is 0.0109. The van der Waals surface area contributed by atoms with Crippen LogP contribution in [0.2, 0.25) is 0 Å². The first-order valence-electron chi connectivity index (χ1n) is 6.11. The van der Waals surface area contributed by atoms with Crippen LogP contribution in [0, 0.1) is 0 Å². The molecule has 2 N–H and O–H groups in total. The van der Waals surface area contributed by atoms with Gasteiger partial charge >= 0.3 is 5.97 Å². The maximum atomic E-state index is 12.7. The molecule has 1 aliphatic heterocycles. The smallest absolute Gasteiger partial charge is 0.335 e. The van der Waals surface area contributed by atoms with Gasteiger partial charge in [0.1, 0.15) is 0 Å². The van der Waals surface area contributed by atoms with Crippen molar-refractivity contribution in [3.8, 4) is 0 Å². The van der Waals surface area contributed by atoms with Crippen molar-refractivity contribution in [2.45, 2.75) is 10.9 Å². The number of carbonyl (C=O) groups is 1. The van der Waals surface area contributed by atoms with E-state index in [2.05, 4.69) is 15.9 Å². The van der Waals surface area contributed by atoms with Crippen LogP contribution in [-0.2, 0) is 14.8 Å². The van der Waals surface area contributed by atoms with Crippen LogP contribution in [0.5, 0.6) is 0 Å². The lowest BCUT2D eigenvalue weighted by Gasteiger charge is -2.33. The van der Waals surface area contributed by atoms with E-state index in [4.69, 9.17) is 9.84 Å². The van der Waals surface area contributed by atoms with Crippen molar-refractivity contribution in [3.05, 3.63) is 28.2 Å². The number of morpholine rings is 1. The van der Waals surface area contributed by atoms with Crippen LogP contribution in [0.4, 0.5) is 0 Å². The third kappa shape index (κ3) is 3.27. The first-order valence-corrected chi connectivity index (χ1v) is 8.34. The molecule has 1 aromatic carbocycles. The van der Waals surface area contributed by atoms with Crippen LogP contribution >= 0.6 is 15.9 Å². The fourth-order valence-electron chi connectivity index (χ4n) is 2.06. The molecule has 9 heteroatoms. The number of sulfonamides is 1. The van der Waals surface area contributed by atoms with E-state index in [9.17, 15) is 18.3 Å². The number of aliphatic hydroxyl groups excluding tert-OH is 1. The first-order chi connectivity index (χ1) is 9.87. The van der Waals surface area contributed by atoms with Gasteiger partial charge in [-0.3, -0.25) is 0 Å². The Morgan fingerprint density at radius 3 is 2.81 bits per heavy atom. The highest BCUT2D eigenvalue weighted by Gasteiger charge is 2.35. The van der Waals surface area contributed by atoms with Crippen molar-refractivity contribution in [3.63, 3.8) is 0 Å². The topological polar surface area (TPSA) is 104 Å². The summed E-state index contributed by atoms with van der Waals surface area (Å²) in [6, 6.07) is 3.12. The molecule has 1 aromatic rings. The van der Waals surface area contributed by atoms with Crippen LogP contribution in [0.1, 0.15) is 10.4 Å². The van der Waals surface area contributed by atoms with Gasteiger partial charge in [-0.1, -0.05) is 0 Å². The monoisotopic (exact) mass is 379 g/mol. The number of halogens is 1. The summed E-state index contributed by atoms with van der Waals surface area (Å²) in [4.78, 5) is 10.9. The Kier molecular flexibility index (Phi) is 4.99. The molecule has 21 heavy (non-hydrogen) atoms. The summed E-state index contributed by atoms with van der Waals surface area (Å²) in [5.41, 5.74) is -0.120. The molecule has 0 radical (unpaired) electrons. The maximum absolute atomic E-state index is 12.7. The number of nitrogens with zero attached hydrogens (tertiary/aromatic N) is 1. The van der Waals surface area contributed by atoms with Gasteiger partial charge in [-0.05, 0) is 34.1 Å². The number of carboxylic acids is 1. The standard InChI is InChI=1S/C12H14BrNO6S/c13-10-2-1-8(12(16)17)5-11(10)21(18,19)14-3-4-20-7-9(14)6-15/h1-2,5,9,15H,3-4,6-7H2,(H,16,17). The second kappa shape index (κ2) is 6.41. The largest absolute Gasteiger partial charge is 0.478 e. The number of ether oxygens (including phenoxy) is 1. The average molecular weight is 380 g/mol. The molecule has 0 bridgehead atoms. The minimum Gasteiger partial charge on any atom is -0.478 e. The van der Waals surface area contributed by atoms with Gasteiger partial charge in [0.2, 0.25) is 10.0 Å². The average Bonchev–Trinajstić information content (AvgIpc) is 2.47. The number of carboxylic acid groups (broad SMARTS) is 1. The van der Waals surface area contributed by atoms with E-state index in [0.717, 1.165) is 10.4 Å². The normalized spacial score (nSPS) is 20.4. The van der Waals surface area contributed by atoms with E-state index in [-0.39, 0.29) is 41.3 Å². The molecule has 7 nitrogen and oxygen atoms in total. The lowest BCUT2D eigenvalue weighted by atomic mass is 10.2. The summed E-state index contributed by atoms with van der Waals surface area (Å²) in [5.74, 6) is -1.21. The van der Waals surface area contributed by atoms with Gasteiger partial charge in [-0.25, -0.2) is 13.2 Å². The van der Waals surface area contributed by atoms with E-state index in [1.807, 2.05) is 0 Å². The summed E-state index contributed by atoms with van der Waals surface area (Å²) < 4.78 is 31.9. The van der Waals surface area contributed by atoms with Crippen molar-refractivity contribution in [1.82, 2.24) is 4.31 Å². The number of aliphatic hydroxyl groups is 1. The third-order valence-electron chi connectivity index (χ3n) is 3.15. The highest BCUT2D eigenvalue weighted by molar-refractivity contribution is 9.10. The number of rotatable bonds is 4. The van der Waals surface area contributed by atoms with Crippen LogP contribution < -0.4 is 0 Å². The van der Waals surface area contributed by atoms with E-state index < -0.39 is 22.0 Å². The fourth-order valence-corrected chi connectivity index (χ4v) is 4.60. The van der Waals surface area contributed by atoms with Crippen molar-refractivity contribution in [2.75, 3.05) is 26.4 Å². The van der Waals surface area contributed by atoms with Gasteiger partial charge in [0.25, 0.3) is 0 Å². The molecule has 1 atom stereocenters. The summed E-state index contributed by atoms with van der Waals surface area (Å²) in [6.07, 6.45) is 0. The molecular formula is C12H14BrNO6S. The molecule has 1 aliphatic rings. The predicted molar refractivity (Wildman–Crippen MR) is 76.7 cm³/mol. The zero-order chi connectivity index (χ0) is 15.6. The van der Waals surface area contributed by atoms with Gasteiger partial charge < -0.3 is 14.9 Å². The highest BCUT2D eigenvalue weighted by Crippen LogP contribution is 2.28. The van der Waals surface area contributed by atoms with Crippen LogP contribution in [0.25, 0.3) is 0 Å². The van der Waals surface area contributed by atoms with Crippen LogP contribution in [0.15, 0.2) is 27.6 Å². The molecule has 1 saturated heterocycles. The maximum Gasteiger partial charge on any atom is 0.335 e. The Bertz CT molecular complexity index is 647. The minimum atomic E-state index is -3.93. The van der Waals surface area contributed by atoms with Crippen molar-refractivity contribution >= 4 is 31.9 Å². The highest BCUT2D eigenvalue weighted by atomic mass is 79.9. The zero-order valence-electron chi connectivity index (χ0n) is 10.9. The summed E-state index contributed by atoms with van der Waals surface area (Å²) in [5, 5.41) is 18.3. The van der Waals surface area contributed by atoms with Gasteiger partial charge in [-0.2, -0.15) is 4.31 Å². The number of hydrogen-bond acceptors (Lipinski definition) is 5. The molecule has 1 unspecified atom stereocenters. The SMILES string of the molecule is O=C(O)c1ccc(Br)c(S(=O)(=O)N2CCOCC2CO)c1. The molecule has 0 amide bonds. The van der Waals surface area contributed by atoms with Gasteiger partial charge in [0.15, 0.2) is 0 Å². The van der Waals surface area contributed by atoms with Crippen molar-refractivity contribution in [2.24, 2.45) is 0 Å². The first kappa shape index (κ1) is 16.4. The van der Waals surface area contributed by atoms with Gasteiger partial charge in [0.05, 0.1) is 36.3 Å². The molecule has 1 fully saturated rings. The Balaban J connectivity index is 2.47. The third-order valence-corrected chi connectivity index (χ3v) is 6.09. The van der Waals surface area contributed by atoms with Crippen molar-refractivity contribution in [1.29, 1.82) is 0 Å². The van der Waals surface area contributed by atoms with Crippen LogP contribution in [-0.4, -0.2) is 61.3 Å². The molecule has 0 aromatic heterocycles. The number of aromatic carboxylic acids is 1. The summed E-state index contributed by atoms with van der Waals surface area (Å²) in [6.45, 7) is 0.0741. The molecule has 2 rings (SSSR count). The Morgan fingerprint density at radius 2 is 2.19 bits per heavy atom. The van der Waals surface area contributed by atoms with E-state index in [1.54, 1.807) is 0 Å². The summed E-state index contributed by atoms with van der Waals surface area (Å²) >= 11 is 3.13. The fraction of sp³-hybridized carbons (Fsp3) is 0.417. The van der Waals surface area contributed by atoms with E-state index >= 15 is 0 Å². The molecule has 116 valence electrons. The van der Waals surface area contributed by atoms with Gasteiger partial charge in [0, 0.05) is 11.0 Å². The Hall–Kier alpha value is -1.00. The minimum absolute atomic E-state index is 0.103. The summed E-state index contributed by atoms with van der Waals surface area (Å²) in [7, 11) is -3.93. The second-order valence-electron chi connectivity index (χ2n) is 4.48. The Labute approximate surface area is 130 Å². The lowest BCUT2D eigenvalue weighted by Crippen LogP contribution is -2.50.